The van der Waals surface area contributed by atoms with Gasteiger partial charge >= 0.3 is 6.18 Å². The van der Waals surface area contributed by atoms with Crippen LogP contribution in [0.5, 0.6) is 0 Å². The van der Waals surface area contributed by atoms with Gasteiger partial charge in [0.1, 0.15) is 18.3 Å². The molecule has 0 saturated carbocycles. The van der Waals surface area contributed by atoms with E-state index in [1.165, 1.54) is 17.5 Å². The number of nitrogens with one attached hydrogen (secondary N) is 2. The van der Waals surface area contributed by atoms with Crippen molar-refractivity contribution >= 4 is 29.1 Å². The van der Waals surface area contributed by atoms with Crippen LogP contribution in [0.2, 0.25) is 0 Å². The number of carbonyl (C=O) groups excluding carboxylic acids is 3. The highest BCUT2D eigenvalue weighted by Crippen LogP contribution is 2.31. The molecule has 1 atom stereocenters. The molecule has 2 heterocycles. The fourth-order valence-electron chi connectivity index (χ4n) is 3.27. The second kappa shape index (κ2) is 10.3. The molecule has 14 heteroatoms. The van der Waals surface area contributed by atoms with Crippen LogP contribution in [0, 0.1) is 11.3 Å². The number of benzene rings is 1. The van der Waals surface area contributed by atoms with Crippen LogP contribution in [-0.4, -0.2) is 65.4 Å². The highest BCUT2D eigenvalue weighted by Gasteiger charge is 2.47. The molecule has 3 rings (SSSR count). The molecule has 1 aromatic carbocycles. The maximum Gasteiger partial charge on any atom is 0.405 e. The van der Waals surface area contributed by atoms with Gasteiger partial charge in [-0.25, -0.2) is 13.8 Å². The molecule has 1 aliphatic heterocycles. The minimum Gasteiger partial charge on any atom is -0.343 e. The Bertz CT molecular complexity index is 1140. The summed E-state index contributed by atoms with van der Waals surface area (Å²) in [5, 5.41) is 15.0. The Kier molecular flexibility index (Phi) is 7.69. The number of hydrogen-bond acceptors (Lipinski definition) is 6. The van der Waals surface area contributed by atoms with Crippen molar-refractivity contribution in [3.8, 4) is 6.07 Å². The van der Waals surface area contributed by atoms with Crippen LogP contribution in [-0.2, 0) is 11.2 Å². The predicted molar refractivity (Wildman–Crippen MR) is 113 cm³/mol. The predicted octanol–water partition coefficient (Wildman–Crippen LogP) is 2.52. The van der Waals surface area contributed by atoms with E-state index >= 15 is 0 Å². The zero-order valence-corrected chi connectivity index (χ0v) is 18.7. The van der Waals surface area contributed by atoms with Crippen molar-refractivity contribution < 1.29 is 36.3 Å². The fraction of sp³-hybridized carbons (Fsp3) is 0.381. The first-order valence-electron chi connectivity index (χ1n) is 10.1. The number of aromatic nitrogens is 1. The molecule has 35 heavy (non-hydrogen) atoms. The first kappa shape index (κ1) is 26.0. The molecule has 3 amide bonds. The van der Waals surface area contributed by atoms with Crippen molar-refractivity contribution in [2.75, 3.05) is 19.6 Å². The Labute approximate surface area is 199 Å². The average Bonchev–Trinajstić information content (AvgIpc) is 3.39. The van der Waals surface area contributed by atoms with Crippen LogP contribution in [0.1, 0.15) is 37.8 Å². The molecule has 1 aromatic heterocycles. The lowest BCUT2D eigenvalue weighted by Crippen LogP contribution is -2.43. The van der Waals surface area contributed by atoms with Gasteiger partial charge in [-0.1, -0.05) is 12.1 Å². The van der Waals surface area contributed by atoms with E-state index in [1.54, 1.807) is 23.5 Å². The topological polar surface area (TPSA) is 115 Å². The quantitative estimate of drug-likeness (QED) is 0.550. The maximum absolute atomic E-state index is 13.5. The molecule has 1 saturated heterocycles. The number of thiazole rings is 1. The second-order valence-electron chi connectivity index (χ2n) is 7.71. The number of alkyl halides is 5. The molecule has 1 aliphatic rings. The zero-order valence-electron chi connectivity index (χ0n) is 17.9. The van der Waals surface area contributed by atoms with Gasteiger partial charge in [-0.3, -0.25) is 14.4 Å². The van der Waals surface area contributed by atoms with Crippen molar-refractivity contribution in [1.29, 1.82) is 5.26 Å². The number of carbonyl (C=O) groups is 3. The van der Waals surface area contributed by atoms with Crippen LogP contribution in [0.4, 0.5) is 22.0 Å². The van der Waals surface area contributed by atoms with E-state index in [9.17, 15) is 36.3 Å². The third-order valence-electron chi connectivity index (χ3n) is 4.94. The Balaban J connectivity index is 1.52. The summed E-state index contributed by atoms with van der Waals surface area (Å²) in [6.07, 6.45) is -4.99. The molecule has 0 spiro atoms. The molecule has 0 bridgehead atoms. The number of nitriles is 1. The highest BCUT2D eigenvalue weighted by atomic mass is 32.1. The van der Waals surface area contributed by atoms with E-state index in [1.807, 2.05) is 0 Å². The summed E-state index contributed by atoms with van der Waals surface area (Å²) in [5.41, 5.74) is 0.743. The van der Waals surface area contributed by atoms with Gasteiger partial charge < -0.3 is 15.5 Å². The van der Waals surface area contributed by atoms with Gasteiger partial charge in [-0.15, -0.1) is 11.3 Å². The molecule has 8 nitrogen and oxygen atoms in total. The van der Waals surface area contributed by atoms with E-state index < -0.39 is 61.9 Å². The molecule has 1 fully saturated rings. The van der Waals surface area contributed by atoms with Crippen LogP contribution >= 0.6 is 11.3 Å². The largest absolute Gasteiger partial charge is 0.405 e. The zero-order chi connectivity index (χ0) is 25.8. The number of likely N-dealkylation sites (tertiary alicyclic amines) is 1. The molecule has 0 aliphatic carbocycles. The van der Waals surface area contributed by atoms with E-state index in [0.29, 0.717) is 10.6 Å². The summed E-state index contributed by atoms with van der Waals surface area (Å²) >= 11 is 1.14. The minimum atomic E-state index is -4.51. The summed E-state index contributed by atoms with van der Waals surface area (Å²) in [5.74, 6) is -5.53. The fourth-order valence-corrected chi connectivity index (χ4v) is 4.08. The Hall–Kier alpha value is -3.60. The average molecular weight is 515 g/mol. The second-order valence-corrected chi connectivity index (χ2v) is 8.65. The van der Waals surface area contributed by atoms with Crippen molar-refractivity contribution in [2.24, 2.45) is 0 Å². The van der Waals surface area contributed by atoms with Gasteiger partial charge in [-0.2, -0.15) is 18.4 Å². The van der Waals surface area contributed by atoms with Crippen molar-refractivity contribution in [3.05, 3.63) is 51.5 Å². The molecular formula is C21H18F5N5O3S. The maximum atomic E-state index is 13.5. The summed E-state index contributed by atoms with van der Waals surface area (Å²) in [7, 11) is 0. The van der Waals surface area contributed by atoms with E-state index in [4.69, 9.17) is 5.26 Å². The Morgan fingerprint density at radius 1 is 1.17 bits per heavy atom. The van der Waals surface area contributed by atoms with Gasteiger partial charge in [0.2, 0.25) is 5.91 Å². The van der Waals surface area contributed by atoms with Crippen LogP contribution in [0.25, 0.3) is 0 Å². The molecule has 0 unspecified atom stereocenters. The number of amides is 3. The third-order valence-corrected chi connectivity index (χ3v) is 5.79. The molecule has 186 valence electrons. The Morgan fingerprint density at radius 2 is 1.86 bits per heavy atom. The van der Waals surface area contributed by atoms with Crippen LogP contribution < -0.4 is 10.6 Å². The Morgan fingerprint density at radius 3 is 2.49 bits per heavy atom. The van der Waals surface area contributed by atoms with Gasteiger partial charge in [-0.05, 0) is 17.7 Å². The van der Waals surface area contributed by atoms with Crippen LogP contribution in [0.15, 0.2) is 29.6 Å². The SMILES string of the molecule is N#C[C@@H]1CC(F)(F)CN1C(=O)CNC(=O)c1csc(Cc2ccc(C(=O)NCC(F)(F)F)cc2)n1. The van der Waals surface area contributed by atoms with Gasteiger partial charge in [0, 0.05) is 23.8 Å². The minimum absolute atomic E-state index is 0.00420. The number of halogens is 5. The van der Waals surface area contributed by atoms with Gasteiger partial charge in [0.05, 0.1) is 24.2 Å². The van der Waals surface area contributed by atoms with E-state index in [-0.39, 0.29) is 17.7 Å². The lowest BCUT2D eigenvalue weighted by Gasteiger charge is -2.19. The van der Waals surface area contributed by atoms with Gasteiger partial charge in [0.25, 0.3) is 17.7 Å². The molecule has 2 N–H and O–H groups in total. The lowest BCUT2D eigenvalue weighted by atomic mass is 10.1. The van der Waals surface area contributed by atoms with Crippen molar-refractivity contribution in [2.45, 2.75) is 31.0 Å². The normalized spacial score (nSPS) is 17.0. The summed E-state index contributed by atoms with van der Waals surface area (Å²) in [4.78, 5) is 41.1. The van der Waals surface area contributed by atoms with Crippen molar-refractivity contribution in [1.82, 2.24) is 20.5 Å². The van der Waals surface area contributed by atoms with E-state index in [0.717, 1.165) is 16.2 Å². The smallest absolute Gasteiger partial charge is 0.343 e. The monoisotopic (exact) mass is 515 g/mol. The number of hydrogen-bond donors (Lipinski definition) is 2. The third kappa shape index (κ3) is 7.19. The summed E-state index contributed by atoms with van der Waals surface area (Å²) in [6, 6.07) is 6.20. The summed E-state index contributed by atoms with van der Waals surface area (Å²) in [6.45, 7) is -2.89. The van der Waals surface area contributed by atoms with E-state index in [2.05, 4.69) is 10.3 Å². The first-order chi connectivity index (χ1) is 16.4. The molecule has 0 radical (unpaired) electrons. The number of nitrogens with zero attached hydrogens (tertiary/aromatic N) is 3. The summed E-state index contributed by atoms with van der Waals surface area (Å²) < 4.78 is 63.6. The van der Waals surface area contributed by atoms with Crippen LogP contribution in [0.3, 0.4) is 0 Å². The first-order valence-corrected chi connectivity index (χ1v) is 11.0. The highest BCUT2D eigenvalue weighted by molar-refractivity contribution is 7.09. The lowest BCUT2D eigenvalue weighted by molar-refractivity contribution is -0.131. The number of rotatable bonds is 7. The van der Waals surface area contributed by atoms with Crippen molar-refractivity contribution in [3.63, 3.8) is 0 Å². The molecule has 2 aromatic rings. The molecular weight excluding hydrogens is 497 g/mol. The standard InChI is InChI=1S/C21H18F5N5O3S/c22-20(23)6-14(7-27)31(11-20)17(32)8-28-19(34)15-9-35-16(30-15)5-12-1-3-13(4-2-12)18(33)29-10-21(24,25)26/h1-4,9,14H,5-6,8,10-11H2,(H,28,34)(H,29,33)/t14-/m0/s1. The van der Waals surface area contributed by atoms with Gasteiger partial charge in [0.15, 0.2) is 0 Å².